The number of allylic oxidation sites excluding steroid dienone is 2. The van der Waals surface area contributed by atoms with E-state index in [1.54, 1.807) is 23.1 Å². The van der Waals surface area contributed by atoms with Crippen molar-refractivity contribution < 1.29 is 9.59 Å². The van der Waals surface area contributed by atoms with Crippen molar-refractivity contribution in [2.75, 3.05) is 18.4 Å². The van der Waals surface area contributed by atoms with Gasteiger partial charge >= 0.3 is 17.1 Å². The Kier molecular flexibility index (Phi) is 8.28. The largest absolute Gasteiger partial charge is 0.339 e. The second kappa shape index (κ2) is 10.9. The van der Waals surface area contributed by atoms with Crippen molar-refractivity contribution in [2.45, 2.75) is 33.5 Å². The Hall–Kier alpha value is -3.95. The van der Waals surface area contributed by atoms with Gasteiger partial charge in [-0.15, -0.1) is 13.2 Å². The number of aromatic nitrogens is 3. The Balaban J connectivity index is 2.35. The fourth-order valence-corrected chi connectivity index (χ4v) is 3.16. The molecular formula is C22H27N5O5. The second-order valence-electron chi connectivity index (χ2n) is 6.84. The number of carbonyl (C=O) groups is 2. The first-order valence-corrected chi connectivity index (χ1v) is 10.1. The molecule has 0 radical (unpaired) electrons. The zero-order valence-corrected chi connectivity index (χ0v) is 18.2. The van der Waals surface area contributed by atoms with E-state index >= 15 is 0 Å². The van der Waals surface area contributed by atoms with Crippen molar-refractivity contribution in [3.63, 3.8) is 0 Å². The van der Waals surface area contributed by atoms with Crippen molar-refractivity contribution in [2.24, 2.45) is 0 Å². The molecule has 0 saturated heterocycles. The zero-order valence-electron chi connectivity index (χ0n) is 18.2. The topological polar surface area (TPSA) is 115 Å². The van der Waals surface area contributed by atoms with Crippen LogP contribution in [0.15, 0.2) is 64.0 Å². The van der Waals surface area contributed by atoms with Gasteiger partial charge in [-0.3, -0.25) is 9.59 Å². The van der Waals surface area contributed by atoms with Crippen LogP contribution in [-0.4, -0.2) is 43.5 Å². The van der Waals surface area contributed by atoms with Crippen molar-refractivity contribution in [3.05, 3.63) is 86.6 Å². The maximum atomic E-state index is 12.6. The highest BCUT2D eigenvalue weighted by Gasteiger charge is 2.17. The van der Waals surface area contributed by atoms with Gasteiger partial charge < -0.3 is 10.2 Å². The van der Waals surface area contributed by atoms with Crippen LogP contribution in [-0.2, 0) is 24.4 Å². The molecule has 2 amide bonds. The molecule has 0 saturated carbocycles. The van der Waals surface area contributed by atoms with Crippen LogP contribution in [0.5, 0.6) is 0 Å². The van der Waals surface area contributed by atoms with Crippen molar-refractivity contribution in [1.82, 2.24) is 18.6 Å². The lowest BCUT2D eigenvalue weighted by molar-refractivity contribution is -0.116. The average molecular weight is 441 g/mol. The number of rotatable bonds is 10. The molecule has 32 heavy (non-hydrogen) atoms. The van der Waals surface area contributed by atoms with Crippen molar-refractivity contribution in [1.29, 1.82) is 0 Å². The summed E-state index contributed by atoms with van der Waals surface area (Å²) in [6, 6.07) is 6.38. The lowest BCUT2D eigenvalue weighted by Gasteiger charge is -2.19. The standard InChI is InChI=1S/C22H27N5O5/c1-5-12-25-20(30)26(13-6-2)22(32)27(21(25)31)15-18(28)23-17-11-9-10-16(14-17)19(29)24(7-3)8-4/h5-6,9-11,14H,1-2,7-8,12-13,15H2,3-4H3,(H,23,28). The van der Waals surface area contributed by atoms with Crippen molar-refractivity contribution >= 4 is 17.5 Å². The van der Waals surface area contributed by atoms with Gasteiger partial charge in [0.1, 0.15) is 6.54 Å². The Morgan fingerprint density at radius 1 is 0.938 bits per heavy atom. The van der Waals surface area contributed by atoms with Gasteiger partial charge in [0.05, 0.1) is 13.1 Å². The van der Waals surface area contributed by atoms with Crippen LogP contribution in [0.25, 0.3) is 0 Å². The van der Waals surface area contributed by atoms with E-state index in [-0.39, 0.29) is 19.0 Å². The van der Waals surface area contributed by atoms with E-state index in [4.69, 9.17) is 0 Å². The number of benzene rings is 1. The molecule has 0 atom stereocenters. The van der Waals surface area contributed by atoms with Gasteiger partial charge in [-0.05, 0) is 32.0 Å². The molecule has 0 aliphatic rings. The molecule has 1 N–H and O–H groups in total. The third-order valence-corrected chi connectivity index (χ3v) is 4.75. The summed E-state index contributed by atoms with van der Waals surface area (Å²) in [4.78, 5) is 64.5. The molecule has 1 aromatic carbocycles. The van der Waals surface area contributed by atoms with Crippen LogP contribution in [0.1, 0.15) is 24.2 Å². The first-order chi connectivity index (χ1) is 15.3. The molecule has 1 heterocycles. The van der Waals surface area contributed by atoms with E-state index in [1.807, 2.05) is 13.8 Å². The summed E-state index contributed by atoms with van der Waals surface area (Å²) in [5, 5.41) is 2.59. The molecule has 170 valence electrons. The number of amides is 2. The normalized spacial score (nSPS) is 10.4. The number of anilines is 1. The fourth-order valence-electron chi connectivity index (χ4n) is 3.16. The number of nitrogens with one attached hydrogen (secondary N) is 1. The Bertz CT molecular complexity index is 1150. The van der Waals surface area contributed by atoms with Crippen LogP contribution in [0.4, 0.5) is 5.69 Å². The summed E-state index contributed by atoms with van der Waals surface area (Å²) in [5.74, 6) is -0.836. The first-order valence-electron chi connectivity index (χ1n) is 10.1. The maximum absolute atomic E-state index is 12.6. The lowest BCUT2D eigenvalue weighted by atomic mass is 10.1. The number of hydrogen-bond acceptors (Lipinski definition) is 5. The molecule has 0 fully saturated rings. The highest BCUT2D eigenvalue weighted by molar-refractivity contribution is 5.97. The van der Waals surface area contributed by atoms with Gasteiger partial charge in [-0.2, -0.15) is 0 Å². The van der Waals surface area contributed by atoms with Crippen LogP contribution in [0, 0.1) is 0 Å². The second-order valence-corrected chi connectivity index (χ2v) is 6.84. The minimum Gasteiger partial charge on any atom is -0.339 e. The van der Waals surface area contributed by atoms with E-state index in [9.17, 15) is 24.0 Å². The Labute approximate surface area is 184 Å². The van der Waals surface area contributed by atoms with E-state index in [2.05, 4.69) is 18.5 Å². The van der Waals surface area contributed by atoms with Gasteiger partial charge in [-0.1, -0.05) is 18.2 Å². The highest BCUT2D eigenvalue weighted by Crippen LogP contribution is 2.13. The number of nitrogens with zero attached hydrogens (tertiary/aromatic N) is 4. The SMILES string of the molecule is C=CCn1c(=O)n(CC=C)c(=O)n(CC(=O)Nc2cccc(C(=O)N(CC)CC)c2)c1=O. The Morgan fingerprint density at radius 2 is 1.47 bits per heavy atom. The van der Waals surface area contributed by atoms with Gasteiger partial charge in [0.2, 0.25) is 5.91 Å². The summed E-state index contributed by atoms with van der Waals surface area (Å²) in [7, 11) is 0. The molecule has 0 unspecified atom stereocenters. The third kappa shape index (κ3) is 5.20. The van der Waals surface area contributed by atoms with E-state index < -0.39 is 29.5 Å². The summed E-state index contributed by atoms with van der Waals surface area (Å²) in [6.07, 6.45) is 2.68. The molecular weight excluding hydrogens is 414 g/mol. The summed E-state index contributed by atoms with van der Waals surface area (Å²) in [6.45, 7) is 11.0. The predicted molar refractivity (Wildman–Crippen MR) is 122 cm³/mol. The molecule has 0 aliphatic carbocycles. The van der Waals surface area contributed by atoms with Crippen LogP contribution >= 0.6 is 0 Å². The van der Waals surface area contributed by atoms with E-state index in [0.29, 0.717) is 28.9 Å². The van der Waals surface area contributed by atoms with Gasteiger partial charge in [0.15, 0.2) is 0 Å². The first kappa shape index (κ1) is 24.3. The monoisotopic (exact) mass is 441 g/mol. The van der Waals surface area contributed by atoms with Crippen LogP contribution in [0.3, 0.4) is 0 Å². The average Bonchev–Trinajstić information content (AvgIpc) is 2.78. The van der Waals surface area contributed by atoms with Crippen LogP contribution < -0.4 is 22.4 Å². The fraction of sp³-hybridized carbons (Fsp3) is 0.318. The molecule has 1 aromatic heterocycles. The summed E-state index contributed by atoms with van der Waals surface area (Å²) in [5.41, 5.74) is -1.90. The smallest absolute Gasteiger partial charge is 0.337 e. The zero-order chi connectivity index (χ0) is 23.8. The molecule has 10 heteroatoms. The molecule has 0 aliphatic heterocycles. The van der Waals surface area contributed by atoms with Crippen molar-refractivity contribution in [3.8, 4) is 0 Å². The van der Waals surface area contributed by atoms with E-state index in [0.717, 1.165) is 9.13 Å². The lowest BCUT2D eigenvalue weighted by Crippen LogP contribution is -2.55. The highest BCUT2D eigenvalue weighted by atomic mass is 16.2. The molecule has 0 spiro atoms. The maximum Gasteiger partial charge on any atom is 0.337 e. The summed E-state index contributed by atoms with van der Waals surface area (Å²) >= 11 is 0. The predicted octanol–water partition coefficient (Wildman–Crippen LogP) is 0.664. The van der Waals surface area contributed by atoms with Gasteiger partial charge in [-0.25, -0.2) is 28.1 Å². The molecule has 0 bridgehead atoms. The number of carbonyl (C=O) groups excluding carboxylic acids is 2. The quantitative estimate of drug-likeness (QED) is 0.544. The van der Waals surface area contributed by atoms with E-state index in [1.165, 1.54) is 18.2 Å². The minimum atomic E-state index is -0.916. The Morgan fingerprint density at radius 3 is 1.97 bits per heavy atom. The van der Waals surface area contributed by atoms with Gasteiger partial charge in [0, 0.05) is 24.3 Å². The summed E-state index contributed by atoms with van der Waals surface area (Å²) < 4.78 is 2.30. The molecule has 10 nitrogen and oxygen atoms in total. The molecule has 2 rings (SSSR count). The van der Waals surface area contributed by atoms with Gasteiger partial charge in [0.25, 0.3) is 5.91 Å². The number of hydrogen-bond donors (Lipinski definition) is 1. The molecule has 2 aromatic rings. The van der Waals surface area contributed by atoms with Crippen LogP contribution in [0.2, 0.25) is 0 Å². The third-order valence-electron chi connectivity index (χ3n) is 4.75. The minimum absolute atomic E-state index is 0.119.